The quantitative estimate of drug-likeness (QED) is 0.886. The van der Waals surface area contributed by atoms with Crippen LogP contribution in [0.3, 0.4) is 0 Å². The van der Waals surface area contributed by atoms with Crippen molar-refractivity contribution < 1.29 is 14.4 Å². The van der Waals surface area contributed by atoms with Crippen molar-refractivity contribution in [2.24, 2.45) is 11.3 Å². The Labute approximate surface area is 118 Å². The third kappa shape index (κ3) is 2.32. The number of nitrogens with zero attached hydrogens (tertiary/aromatic N) is 3. The number of carboxylic acid groups (broad SMARTS) is 1. The zero-order valence-corrected chi connectivity index (χ0v) is 12.0. The lowest BCUT2D eigenvalue weighted by Crippen LogP contribution is -2.39. The van der Waals surface area contributed by atoms with Crippen LogP contribution < -0.4 is 0 Å². The summed E-state index contributed by atoms with van der Waals surface area (Å²) in [5, 5.41) is 13.5. The van der Waals surface area contributed by atoms with Gasteiger partial charge in [-0.25, -0.2) is 0 Å². The number of likely N-dealkylation sites (tertiary alicyclic amines) is 1. The molecule has 1 saturated carbocycles. The number of aromatic nitrogens is 2. The van der Waals surface area contributed by atoms with Crippen molar-refractivity contribution in [2.45, 2.75) is 45.6 Å². The van der Waals surface area contributed by atoms with Crippen LogP contribution in [0.25, 0.3) is 0 Å². The van der Waals surface area contributed by atoms with Gasteiger partial charge in [-0.05, 0) is 31.7 Å². The van der Waals surface area contributed by atoms with Gasteiger partial charge in [0, 0.05) is 12.5 Å². The van der Waals surface area contributed by atoms with Crippen LogP contribution in [0.15, 0.2) is 4.52 Å². The molecule has 3 rings (SSSR count). The van der Waals surface area contributed by atoms with Crippen LogP contribution in [-0.2, 0) is 11.3 Å². The first-order valence-corrected chi connectivity index (χ1v) is 7.29. The first kappa shape index (κ1) is 13.5. The average Bonchev–Trinajstić information content (AvgIpc) is 2.98. The van der Waals surface area contributed by atoms with Crippen molar-refractivity contribution in [3.8, 4) is 0 Å². The lowest BCUT2D eigenvalue weighted by Gasteiger charge is -2.28. The Morgan fingerprint density at radius 3 is 2.85 bits per heavy atom. The lowest BCUT2D eigenvalue weighted by atomic mass is 9.76. The molecule has 1 saturated heterocycles. The summed E-state index contributed by atoms with van der Waals surface area (Å²) in [6.45, 7) is 5.85. The molecule has 1 aliphatic heterocycles. The third-order valence-corrected chi connectivity index (χ3v) is 4.70. The van der Waals surface area contributed by atoms with Gasteiger partial charge < -0.3 is 9.63 Å². The average molecular weight is 279 g/mol. The van der Waals surface area contributed by atoms with E-state index in [0.717, 1.165) is 25.2 Å². The molecule has 0 amide bonds. The number of carbonyl (C=O) groups is 1. The highest BCUT2D eigenvalue weighted by molar-refractivity contribution is 5.75. The number of hydrogen-bond donors (Lipinski definition) is 1. The normalized spacial score (nSPS) is 27.4. The summed E-state index contributed by atoms with van der Waals surface area (Å²) in [4.78, 5) is 18.1. The van der Waals surface area contributed by atoms with Crippen molar-refractivity contribution in [3.63, 3.8) is 0 Å². The third-order valence-electron chi connectivity index (χ3n) is 4.70. The van der Waals surface area contributed by atoms with Gasteiger partial charge in [-0.3, -0.25) is 9.69 Å². The largest absolute Gasteiger partial charge is 0.481 e. The number of carboxylic acids is 1. The van der Waals surface area contributed by atoms with Gasteiger partial charge in [0.2, 0.25) is 5.89 Å². The molecule has 1 aromatic heterocycles. The maximum absolute atomic E-state index is 11.6. The fourth-order valence-electron chi connectivity index (χ4n) is 2.97. The topological polar surface area (TPSA) is 79.5 Å². The van der Waals surface area contributed by atoms with Crippen LogP contribution in [0.1, 0.15) is 50.7 Å². The maximum Gasteiger partial charge on any atom is 0.311 e. The highest BCUT2D eigenvalue weighted by Crippen LogP contribution is 2.40. The molecule has 1 unspecified atom stereocenters. The van der Waals surface area contributed by atoms with Gasteiger partial charge >= 0.3 is 5.97 Å². The Hall–Kier alpha value is -1.43. The van der Waals surface area contributed by atoms with E-state index in [1.165, 1.54) is 0 Å². The summed E-state index contributed by atoms with van der Waals surface area (Å²) in [5.41, 5.74) is -0.640. The Balaban J connectivity index is 1.65. The summed E-state index contributed by atoms with van der Waals surface area (Å²) < 4.78 is 5.27. The molecule has 1 atom stereocenters. The van der Waals surface area contributed by atoms with Crippen molar-refractivity contribution in [1.82, 2.24) is 15.0 Å². The fraction of sp³-hybridized carbons (Fsp3) is 0.786. The summed E-state index contributed by atoms with van der Waals surface area (Å²) in [7, 11) is 0. The summed E-state index contributed by atoms with van der Waals surface area (Å²) in [6.07, 6.45) is 2.99. The molecule has 110 valence electrons. The Morgan fingerprint density at radius 2 is 2.30 bits per heavy atom. The number of rotatable bonds is 5. The van der Waals surface area contributed by atoms with E-state index in [9.17, 15) is 9.90 Å². The van der Waals surface area contributed by atoms with E-state index in [2.05, 4.69) is 15.0 Å². The summed E-state index contributed by atoms with van der Waals surface area (Å²) in [6, 6.07) is 0. The molecular formula is C14H21N3O3. The van der Waals surface area contributed by atoms with Crippen LogP contribution in [0.5, 0.6) is 0 Å². The molecule has 2 aliphatic rings. The van der Waals surface area contributed by atoms with Crippen molar-refractivity contribution in [2.75, 3.05) is 13.1 Å². The first-order chi connectivity index (χ1) is 9.51. The molecule has 1 N–H and O–H groups in total. The Kier molecular flexibility index (Phi) is 3.28. The van der Waals surface area contributed by atoms with E-state index in [1.54, 1.807) is 0 Å². The highest BCUT2D eigenvalue weighted by Gasteiger charge is 2.47. The van der Waals surface area contributed by atoms with Crippen LogP contribution >= 0.6 is 0 Å². The molecule has 6 nitrogen and oxygen atoms in total. The smallest absolute Gasteiger partial charge is 0.311 e. The molecule has 20 heavy (non-hydrogen) atoms. The zero-order chi connectivity index (χ0) is 14.3. The predicted octanol–water partition coefficient (Wildman–Crippen LogP) is 1.88. The van der Waals surface area contributed by atoms with Gasteiger partial charge in [0.25, 0.3) is 0 Å². The monoisotopic (exact) mass is 279 g/mol. The van der Waals surface area contributed by atoms with Gasteiger partial charge in [-0.1, -0.05) is 19.0 Å². The second-order valence-electron chi connectivity index (χ2n) is 6.40. The number of aliphatic carboxylic acids is 1. The van der Waals surface area contributed by atoms with Gasteiger partial charge in [0.1, 0.15) is 0 Å². The molecule has 6 heteroatoms. The molecule has 2 fully saturated rings. The van der Waals surface area contributed by atoms with E-state index in [1.807, 2.05) is 13.8 Å². The van der Waals surface area contributed by atoms with E-state index in [0.29, 0.717) is 31.3 Å². The molecule has 0 spiro atoms. The fourth-order valence-corrected chi connectivity index (χ4v) is 2.97. The molecule has 2 heterocycles. The Morgan fingerprint density at radius 1 is 1.55 bits per heavy atom. The molecular weight excluding hydrogens is 258 g/mol. The Bertz CT molecular complexity index is 510. The van der Waals surface area contributed by atoms with Crippen molar-refractivity contribution >= 4 is 5.97 Å². The van der Waals surface area contributed by atoms with E-state index < -0.39 is 11.4 Å². The van der Waals surface area contributed by atoms with Gasteiger partial charge in [-0.15, -0.1) is 0 Å². The van der Waals surface area contributed by atoms with E-state index >= 15 is 0 Å². The highest BCUT2D eigenvalue weighted by atomic mass is 16.5. The molecule has 0 radical (unpaired) electrons. The van der Waals surface area contributed by atoms with Gasteiger partial charge in [0.05, 0.1) is 12.0 Å². The SMILES string of the molecule is CC(C)C1(C(=O)O)CCN(Cc2nc(C3CC3)no2)C1. The predicted molar refractivity (Wildman–Crippen MR) is 71.1 cm³/mol. The summed E-state index contributed by atoms with van der Waals surface area (Å²) in [5.74, 6) is 1.33. The molecule has 0 aromatic carbocycles. The minimum Gasteiger partial charge on any atom is -0.481 e. The van der Waals surface area contributed by atoms with Crippen molar-refractivity contribution in [3.05, 3.63) is 11.7 Å². The molecule has 1 aromatic rings. The van der Waals surface area contributed by atoms with E-state index in [-0.39, 0.29) is 5.92 Å². The minimum atomic E-state index is -0.695. The van der Waals surface area contributed by atoms with Crippen LogP contribution in [0.2, 0.25) is 0 Å². The molecule has 0 bridgehead atoms. The zero-order valence-electron chi connectivity index (χ0n) is 12.0. The summed E-state index contributed by atoms with van der Waals surface area (Å²) >= 11 is 0. The van der Waals surface area contributed by atoms with Gasteiger partial charge in [0.15, 0.2) is 5.82 Å². The van der Waals surface area contributed by atoms with Crippen LogP contribution in [0, 0.1) is 11.3 Å². The second-order valence-corrected chi connectivity index (χ2v) is 6.40. The second kappa shape index (κ2) is 4.84. The molecule has 1 aliphatic carbocycles. The first-order valence-electron chi connectivity index (χ1n) is 7.29. The van der Waals surface area contributed by atoms with Crippen LogP contribution in [-0.4, -0.2) is 39.2 Å². The van der Waals surface area contributed by atoms with Crippen LogP contribution in [0.4, 0.5) is 0 Å². The van der Waals surface area contributed by atoms with E-state index in [4.69, 9.17) is 4.52 Å². The number of hydrogen-bond acceptors (Lipinski definition) is 5. The van der Waals surface area contributed by atoms with Crippen molar-refractivity contribution in [1.29, 1.82) is 0 Å². The standard InChI is InChI=1S/C14H21N3O3/c1-9(2)14(13(18)19)5-6-17(8-14)7-11-15-12(16-20-11)10-3-4-10/h9-10H,3-8H2,1-2H3,(H,18,19). The van der Waals surface area contributed by atoms with Gasteiger partial charge in [-0.2, -0.15) is 4.98 Å². The lowest BCUT2D eigenvalue weighted by molar-refractivity contribution is -0.151. The minimum absolute atomic E-state index is 0.120. The maximum atomic E-state index is 11.6.